The quantitative estimate of drug-likeness (QED) is 0.114. The molecule has 610 valence electrons. The van der Waals surface area contributed by atoms with Crippen molar-refractivity contribution in [1.82, 2.24) is 48.2 Å². The van der Waals surface area contributed by atoms with Gasteiger partial charge >= 0.3 is 0 Å². The van der Waals surface area contributed by atoms with Crippen LogP contribution in [-0.2, 0) is 10.8 Å². The Kier molecular flexibility index (Phi) is 16.6. The number of hydrogen-bond donors (Lipinski definition) is 0. The van der Waals surface area contributed by atoms with Crippen LogP contribution in [0.25, 0.3) is 234 Å². The Labute approximate surface area is 750 Å². The molecule has 6 heterocycles. The topological polar surface area (TPSA) is 97.1 Å². The van der Waals surface area contributed by atoms with E-state index in [4.69, 9.17) is 29.9 Å². The van der Waals surface area contributed by atoms with Gasteiger partial charge in [0, 0.05) is 110 Å². The van der Waals surface area contributed by atoms with Crippen molar-refractivity contribution < 1.29 is 0 Å². The maximum absolute atomic E-state index is 5.65. The van der Waals surface area contributed by atoms with E-state index in [1.807, 2.05) is 36.4 Å². The van der Waals surface area contributed by atoms with Gasteiger partial charge in [-0.15, -0.1) is 0 Å². The molecular weight excluding hydrogens is 1580 g/mol. The van der Waals surface area contributed by atoms with Crippen LogP contribution in [0.2, 0.25) is 0 Å². The molecule has 24 aromatic rings. The molecule has 26 rings (SSSR count). The molecule has 0 fully saturated rings. The number of hydrogen-bond acceptors (Lipinski definition) is 6. The number of rotatable bonds is 13. The van der Waals surface area contributed by atoms with Crippen LogP contribution in [0.15, 0.2) is 413 Å². The minimum atomic E-state index is -0.377. The molecule has 2 aliphatic carbocycles. The molecule has 0 radical (unpaired) electrons. The Morgan fingerprint density at radius 2 is 0.469 bits per heavy atom. The van der Waals surface area contributed by atoms with E-state index in [1.165, 1.54) is 71.4 Å². The SMILES string of the molecule is CC1(C)c2ccccc2-c2cc3c4ccccc4n(-c4cc(-c5nc(-c6ccc(-c7ccccc7)cc6)nc(-c6ccc(-c7ccc8c(c7)-c7cc9c%10ccccc%10n(-c%10cc(-c%11nc(-c%12ccccc%12)nc(-c%12ccccc%12)n%11)cc(-c%11cccc%12c%11c%11ccccc%11n%12-c%11ccccc%11)c%10)c9cc7C8(C)C)cc6)n5)cc(-n5c6ccccc6c6ccccc65)c4)c3cc21. The molecule has 130 heavy (non-hydrogen) atoms. The first-order valence-corrected chi connectivity index (χ1v) is 44.6. The second-order valence-electron chi connectivity index (χ2n) is 35.7. The minimum Gasteiger partial charge on any atom is -0.309 e. The summed E-state index contributed by atoms with van der Waals surface area (Å²) in [4.78, 5) is 32.8. The number of aromatic nitrogens is 10. The van der Waals surface area contributed by atoms with Crippen molar-refractivity contribution in [3.8, 4) is 147 Å². The second kappa shape index (κ2) is 28.9. The Bertz CT molecular complexity index is 8710. The second-order valence-corrected chi connectivity index (χ2v) is 35.7. The number of para-hydroxylation sites is 6. The minimum absolute atomic E-state index is 0.225. The van der Waals surface area contributed by atoms with E-state index in [0.717, 1.165) is 150 Å². The van der Waals surface area contributed by atoms with Crippen molar-refractivity contribution in [2.75, 3.05) is 0 Å². The zero-order valence-corrected chi connectivity index (χ0v) is 71.7. The van der Waals surface area contributed by atoms with Gasteiger partial charge in [-0.1, -0.05) is 325 Å². The third-order valence-electron chi connectivity index (χ3n) is 27.6. The maximum Gasteiger partial charge on any atom is 0.164 e. The number of fused-ring (bicyclic) bond motifs is 18. The average molecular weight is 1660 g/mol. The molecule has 2 aliphatic rings. The Balaban J connectivity index is 0.621. The lowest BCUT2D eigenvalue weighted by atomic mass is 9.82. The first-order valence-electron chi connectivity index (χ1n) is 44.6. The highest BCUT2D eigenvalue weighted by molar-refractivity contribution is 6.18. The smallest absolute Gasteiger partial charge is 0.164 e. The van der Waals surface area contributed by atoms with Crippen LogP contribution in [0.5, 0.6) is 0 Å². The third-order valence-corrected chi connectivity index (χ3v) is 27.6. The predicted molar refractivity (Wildman–Crippen MR) is 535 cm³/mol. The Morgan fingerprint density at radius 1 is 0.162 bits per heavy atom. The number of nitrogens with zero attached hydrogens (tertiary/aromatic N) is 10. The van der Waals surface area contributed by atoms with Crippen LogP contribution in [-0.4, -0.2) is 48.2 Å². The van der Waals surface area contributed by atoms with E-state index in [2.05, 4.69) is 422 Å². The molecule has 0 aliphatic heterocycles. The summed E-state index contributed by atoms with van der Waals surface area (Å²) in [7, 11) is 0. The summed E-state index contributed by atoms with van der Waals surface area (Å²) < 4.78 is 9.76. The van der Waals surface area contributed by atoms with Gasteiger partial charge in [0.2, 0.25) is 0 Å². The lowest BCUT2D eigenvalue weighted by Gasteiger charge is -2.22. The largest absolute Gasteiger partial charge is 0.309 e. The molecule has 0 bridgehead atoms. The number of benzene rings is 18. The van der Waals surface area contributed by atoms with E-state index in [9.17, 15) is 0 Å². The van der Waals surface area contributed by atoms with Gasteiger partial charge in [0.25, 0.3) is 0 Å². The third kappa shape index (κ3) is 11.7. The molecule has 0 amide bonds. The molecule has 18 aromatic carbocycles. The van der Waals surface area contributed by atoms with Crippen LogP contribution in [0.3, 0.4) is 0 Å². The fourth-order valence-corrected chi connectivity index (χ4v) is 21.4. The van der Waals surface area contributed by atoms with Gasteiger partial charge in [-0.25, -0.2) is 29.9 Å². The van der Waals surface area contributed by atoms with Crippen LogP contribution < -0.4 is 0 Å². The zero-order valence-electron chi connectivity index (χ0n) is 71.7. The van der Waals surface area contributed by atoms with Crippen molar-refractivity contribution in [3.05, 3.63) is 435 Å². The standard InChI is InChI=1S/C120H80N10/c1-119(2)100-45-23-17-38-89(100)96-69-98-92-41-21-27-49-107(92)130(111(98)71-102(96)119)87-66-83(65-86(68-87)128-104-46-24-18-39-90(104)91-40-19-25-47-105(91)128)118-125-115(78-56-52-74(53-57-78)73-30-9-5-10-31-73)122-116(126-118)79-58-54-75(55-59-79)80-60-61-101-95(67-80)97-70-99-93-42-20-26-48-106(93)129(110(99)72-103(97)120(101,3)4)85-63-81(88-44-29-51-109-112(88)94-43-22-28-50-108(94)127(109)84-36-15-8-16-37-84)62-82(64-85)117-123-113(76-32-11-6-12-33-76)121-114(124-117)77-34-13-7-14-35-77/h5-72H,1-4H3. The normalized spacial score (nSPS) is 13.0. The average Bonchev–Trinajstić information content (AvgIpc) is 1.55. The van der Waals surface area contributed by atoms with Crippen LogP contribution in [0, 0.1) is 0 Å². The summed E-state index contributed by atoms with van der Waals surface area (Å²) in [5.41, 5.74) is 34.5. The van der Waals surface area contributed by atoms with Crippen molar-refractivity contribution in [2.45, 2.75) is 38.5 Å². The molecule has 0 saturated heterocycles. The summed E-state index contributed by atoms with van der Waals surface area (Å²) in [6, 6.07) is 150. The van der Waals surface area contributed by atoms with E-state index in [1.54, 1.807) is 0 Å². The maximum atomic E-state index is 5.65. The molecule has 0 spiro atoms. The van der Waals surface area contributed by atoms with Gasteiger partial charge in [0.05, 0.1) is 44.1 Å². The summed E-state index contributed by atoms with van der Waals surface area (Å²) in [5, 5.41) is 9.40. The van der Waals surface area contributed by atoms with E-state index in [0.29, 0.717) is 34.9 Å². The molecule has 0 saturated carbocycles. The van der Waals surface area contributed by atoms with Gasteiger partial charge in [-0.2, -0.15) is 0 Å². The van der Waals surface area contributed by atoms with Crippen molar-refractivity contribution in [2.24, 2.45) is 0 Å². The molecule has 0 atom stereocenters. The summed E-state index contributed by atoms with van der Waals surface area (Å²) >= 11 is 0. The molecule has 6 aromatic heterocycles. The lowest BCUT2D eigenvalue weighted by Crippen LogP contribution is -2.15. The molecule has 10 nitrogen and oxygen atoms in total. The highest BCUT2D eigenvalue weighted by Crippen LogP contribution is 2.55. The molecule has 10 heteroatoms. The van der Waals surface area contributed by atoms with Crippen LogP contribution in [0.4, 0.5) is 0 Å². The van der Waals surface area contributed by atoms with E-state index >= 15 is 0 Å². The van der Waals surface area contributed by atoms with Crippen molar-refractivity contribution in [3.63, 3.8) is 0 Å². The first-order chi connectivity index (χ1) is 63.9. The fraction of sp³-hybridized carbons (Fsp3) is 0.0500. The molecular formula is C120H80N10. The highest BCUT2D eigenvalue weighted by Gasteiger charge is 2.39. The Morgan fingerprint density at radius 3 is 0.969 bits per heavy atom. The van der Waals surface area contributed by atoms with Gasteiger partial charge < -0.3 is 18.3 Å². The molecule has 0 unspecified atom stereocenters. The fourth-order valence-electron chi connectivity index (χ4n) is 21.4. The van der Waals surface area contributed by atoms with E-state index < -0.39 is 0 Å². The summed E-state index contributed by atoms with van der Waals surface area (Å²) in [6.45, 7) is 9.51. The van der Waals surface area contributed by atoms with E-state index in [-0.39, 0.29) is 10.8 Å². The van der Waals surface area contributed by atoms with Crippen LogP contribution >= 0.6 is 0 Å². The predicted octanol–water partition coefficient (Wildman–Crippen LogP) is 30.1. The monoisotopic (exact) mass is 1660 g/mol. The Hall–Kier alpha value is -16.8. The van der Waals surface area contributed by atoms with Gasteiger partial charge in [0.15, 0.2) is 34.9 Å². The van der Waals surface area contributed by atoms with Crippen molar-refractivity contribution in [1.29, 1.82) is 0 Å². The van der Waals surface area contributed by atoms with Gasteiger partial charge in [0.1, 0.15) is 0 Å². The summed E-state index contributed by atoms with van der Waals surface area (Å²) in [5.74, 6) is 3.47. The highest BCUT2D eigenvalue weighted by atomic mass is 15.1. The lowest BCUT2D eigenvalue weighted by molar-refractivity contribution is 0.661. The molecule has 0 N–H and O–H groups in total. The first kappa shape index (κ1) is 74.6. The van der Waals surface area contributed by atoms with Gasteiger partial charge in [-0.3, -0.25) is 0 Å². The summed E-state index contributed by atoms with van der Waals surface area (Å²) in [6.07, 6.45) is 0. The van der Waals surface area contributed by atoms with Gasteiger partial charge in [-0.05, 0) is 193 Å². The van der Waals surface area contributed by atoms with Crippen LogP contribution in [0.1, 0.15) is 49.9 Å². The van der Waals surface area contributed by atoms with Crippen molar-refractivity contribution >= 4 is 87.2 Å². The zero-order chi connectivity index (χ0) is 86.2.